The van der Waals surface area contributed by atoms with E-state index in [0.29, 0.717) is 23.0 Å². The van der Waals surface area contributed by atoms with E-state index in [9.17, 15) is 5.11 Å². The Hall–Kier alpha value is -1.46. The number of nitrogens with zero attached hydrogens (tertiary/aromatic N) is 4. The zero-order valence-electron chi connectivity index (χ0n) is 8.71. The molecule has 2 aromatic rings. The molecule has 0 saturated heterocycles. The number of halogens is 1. The minimum Gasteiger partial charge on any atom is -0.386 e. The van der Waals surface area contributed by atoms with Crippen molar-refractivity contribution in [2.24, 2.45) is 7.05 Å². The van der Waals surface area contributed by atoms with Gasteiger partial charge in [-0.05, 0) is 12.1 Å². The topological polar surface area (TPSA) is 63.8 Å². The maximum Gasteiger partial charge on any atom is 0.138 e. The number of aliphatic hydroxyl groups is 1. The van der Waals surface area contributed by atoms with E-state index in [1.165, 1.54) is 12.5 Å². The first kappa shape index (κ1) is 11.0. The van der Waals surface area contributed by atoms with Gasteiger partial charge in [0.1, 0.15) is 18.3 Å². The normalized spacial score (nSPS) is 12.7. The van der Waals surface area contributed by atoms with Gasteiger partial charge in [0.25, 0.3) is 0 Å². The van der Waals surface area contributed by atoms with Crippen molar-refractivity contribution in [2.75, 3.05) is 0 Å². The second kappa shape index (κ2) is 4.59. The number of aliphatic hydroxyl groups excluding tert-OH is 1. The Morgan fingerprint density at radius 1 is 1.44 bits per heavy atom. The summed E-state index contributed by atoms with van der Waals surface area (Å²) in [5.74, 6) is 0.712. The molecule has 0 saturated carbocycles. The minimum absolute atomic E-state index is 0.380. The van der Waals surface area contributed by atoms with Gasteiger partial charge < -0.3 is 5.11 Å². The second-order valence-corrected chi connectivity index (χ2v) is 3.86. The van der Waals surface area contributed by atoms with Gasteiger partial charge in [0, 0.05) is 19.7 Å². The quantitative estimate of drug-likeness (QED) is 0.871. The van der Waals surface area contributed by atoms with Crippen molar-refractivity contribution in [3.63, 3.8) is 0 Å². The molecule has 0 aromatic carbocycles. The van der Waals surface area contributed by atoms with E-state index in [1.807, 2.05) is 0 Å². The first-order valence-corrected chi connectivity index (χ1v) is 5.17. The molecule has 0 bridgehead atoms. The predicted molar refractivity (Wildman–Crippen MR) is 58.9 cm³/mol. The molecule has 0 aliphatic carbocycles. The van der Waals surface area contributed by atoms with E-state index in [0.717, 1.165) is 0 Å². The summed E-state index contributed by atoms with van der Waals surface area (Å²) in [7, 11) is 1.78. The monoisotopic (exact) mass is 238 g/mol. The SMILES string of the molecule is Cn1ncnc1CC(O)c1ccc(Cl)cn1. The Labute approximate surface area is 97.7 Å². The first-order chi connectivity index (χ1) is 7.66. The van der Waals surface area contributed by atoms with E-state index in [1.54, 1.807) is 23.9 Å². The molecule has 0 aliphatic rings. The van der Waals surface area contributed by atoms with Crippen LogP contribution in [0.4, 0.5) is 0 Å². The number of hydrogen-bond donors (Lipinski definition) is 1. The van der Waals surface area contributed by atoms with Gasteiger partial charge in [-0.1, -0.05) is 11.6 Å². The van der Waals surface area contributed by atoms with Crippen LogP contribution in [0.1, 0.15) is 17.6 Å². The Morgan fingerprint density at radius 2 is 2.25 bits per heavy atom. The first-order valence-electron chi connectivity index (χ1n) is 4.79. The van der Waals surface area contributed by atoms with Gasteiger partial charge in [0.05, 0.1) is 10.7 Å². The number of aryl methyl sites for hydroxylation is 1. The van der Waals surface area contributed by atoms with Gasteiger partial charge in [-0.2, -0.15) is 5.10 Å². The zero-order valence-corrected chi connectivity index (χ0v) is 9.46. The van der Waals surface area contributed by atoms with Gasteiger partial charge in [-0.25, -0.2) is 4.98 Å². The van der Waals surface area contributed by atoms with Crippen molar-refractivity contribution in [2.45, 2.75) is 12.5 Å². The second-order valence-electron chi connectivity index (χ2n) is 3.42. The lowest BCUT2D eigenvalue weighted by Gasteiger charge is -2.08. The molecular formula is C10H11ClN4O. The van der Waals surface area contributed by atoms with Crippen LogP contribution in [-0.4, -0.2) is 24.9 Å². The molecule has 5 nitrogen and oxygen atoms in total. The van der Waals surface area contributed by atoms with E-state index in [2.05, 4.69) is 15.1 Å². The van der Waals surface area contributed by atoms with Crippen molar-refractivity contribution in [1.29, 1.82) is 0 Å². The maximum absolute atomic E-state index is 9.92. The van der Waals surface area contributed by atoms with Gasteiger partial charge in [0.2, 0.25) is 0 Å². The van der Waals surface area contributed by atoms with Gasteiger partial charge in [0.15, 0.2) is 0 Å². The maximum atomic E-state index is 9.92. The van der Waals surface area contributed by atoms with Crippen molar-refractivity contribution < 1.29 is 5.11 Å². The molecule has 16 heavy (non-hydrogen) atoms. The molecule has 1 N–H and O–H groups in total. The molecule has 0 amide bonds. The average Bonchev–Trinajstić information content (AvgIpc) is 2.65. The number of pyridine rings is 1. The molecule has 6 heteroatoms. The molecule has 1 atom stereocenters. The summed E-state index contributed by atoms with van der Waals surface area (Å²) in [5.41, 5.74) is 0.576. The highest BCUT2D eigenvalue weighted by molar-refractivity contribution is 6.30. The van der Waals surface area contributed by atoms with E-state index < -0.39 is 6.10 Å². The largest absolute Gasteiger partial charge is 0.386 e. The summed E-state index contributed by atoms with van der Waals surface area (Å²) in [6.07, 6.45) is 2.65. The summed E-state index contributed by atoms with van der Waals surface area (Å²) in [4.78, 5) is 8.09. The molecule has 2 heterocycles. The van der Waals surface area contributed by atoms with Crippen LogP contribution in [0.15, 0.2) is 24.7 Å². The van der Waals surface area contributed by atoms with Crippen molar-refractivity contribution in [3.8, 4) is 0 Å². The average molecular weight is 239 g/mol. The van der Waals surface area contributed by atoms with Crippen LogP contribution >= 0.6 is 11.6 Å². The Kier molecular flexibility index (Phi) is 3.17. The van der Waals surface area contributed by atoms with Crippen LogP contribution in [0.5, 0.6) is 0 Å². The Bertz CT molecular complexity index is 468. The lowest BCUT2D eigenvalue weighted by molar-refractivity contribution is 0.169. The minimum atomic E-state index is -0.694. The highest BCUT2D eigenvalue weighted by Gasteiger charge is 2.12. The van der Waals surface area contributed by atoms with Crippen LogP contribution in [0, 0.1) is 0 Å². The highest BCUT2D eigenvalue weighted by atomic mass is 35.5. The van der Waals surface area contributed by atoms with Crippen molar-refractivity contribution >= 4 is 11.6 Å². The fourth-order valence-corrected chi connectivity index (χ4v) is 1.48. The van der Waals surface area contributed by atoms with Crippen LogP contribution in [0.3, 0.4) is 0 Å². The van der Waals surface area contributed by atoms with Gasteiger partial charge in [-0.15, -0.1) is 0 Å². The summed E-state index contributed by atoms with van der Waals surface area (Å²) in [6, 6.07) is 3.40. The smallest absolute Gasteiger partial charge is 0.138 e. The molecule has 0 radical (unpaired) electrons. The van der Waals surface area contributed by atoms with Gasteiger partial charge in [-0.3, -0.25) is 9.67 Å². The summed E-state index contributed by atoms with van der Waals surface area (Å²) in [6.45, 7) is 0. The number of rotatable bonds is 3. The predicted octanol–water partition coefficient (Wildman–Crippen LogP) is 1.14. The van der Waals surface area contributed by atoms with Crippen molar-refractivity contribution in [3.05, 3.63) is 41.2 Å². The van der Waals surface area contributed by atoms with Crippen LogP contribution in [0.25, 0.3) is 0 Å². The van der Waals surface area contributed by atoms with Crippen LogP contribution in [-0.2, 0) is 13.5 Å². The molecular weight excluding hydrogens is 228 g/mol. The molecule has 84 valence electrons. The highest BCUT2D eigenvalue weighted by Crippen LogP contribution is 2.16. The molecule has 2 rings (SSSR count). The fourth-order valence-electron chi connectivity index (χ4n) is 1.37. The third-order valence-corrected chi connectivity index (χ3v) is 2.50. The number of hydrogen-bond acceptors (Lipinski definition) is 4. The Morgan fingerprint density at radius 3 is 2.81 bits per heavy atom. The Balaban J connectivity index is 2.11. The molecule has 0 fully saturated rings. The molecule has 0 aliphatic heterocycles. The molecule has 0 spiro atoms. The van der Waals surface area contributed by atoms with Gasteiger partial charge >= 0.3 is 0 Å². The van der Waals surface area contributed by atoms with Crippen LogP contribution in [0.2, 0.25) is 5.02 Å². The zero-order chi connectivity index (χ0) is 11.5. The summed E-state index contributed by atoms with van der Waals surface area (Å²) in [5, 5.41) is 14.4. The van der Waals surface area contributed by atoms with Crippen LogP contribution < -0.4 is 0 Å². The summed E-state index contributed by atoms with van der Waals surface area (Å²) >= 11 is 5.71. The third-order valence-electron chi connectivity index (χ3n) is 2.27. The molecule has 1 unspecified atom stereocenters. The molecule has 2 aromatic heterocycles. The third kappa shape index (κ3) is 2.37. The lowest BCUT2D eigenvalue weighted by Crippen LogP contribution is -2.08. The van der Waals surface area contributed by atoms with E-state index in [-0.39, 0.29) is 0 Å². The fraction of sp³-hybridized carbons (Fsp3) is 0.300. The van der Waals surface area contributed by atoms with Crippen molar-refractivity contribution in [1.82, 2.24) is 19.7 Å². The van der Waals surface area contributed by atoms with E-state index in [4.69, 9.17) is 11.6 Å². The number of aromatic nitrogens is 4. The standard InChI is InChI=1S/C10H11ClN4O/c1-15-10(13-6-14-15)4-9(16)8-3-2-7(11)5-12-8/h2-3,5-6,9,16H,4H2,1H3. The summed E-state index contributed by atoms with van der Waals surface area (Å²) < 4.78 is 1.62. The van der Waals surface area contributed by atoms with E-state index >= 15 is 0 Å². The lowest BCUT2D eigenvalue weighted by atomic mass is 10.1.